The molecule has 0 saturated carbocycles. The highest BCUT2D eigenvalue weighted by atomic mass is 19.1. The number of aryl methyl sites for hydroxylation is 1. The Bertz CT molecular complexity index is 1300. The summed E-state index contributed by atoms with van der Waals surface area (Å²) in [6, 6.07) is 17.0. The van der Waals surface area contributed by atoms with Gasteiger partial charge >= 0.3 is 5.97 Å². The lowest BCUT2D eigenvalue weighted by atomic mass is 10.1. The fourth-order valence-electron chi connectivity index (χ4n) is 3.54. The van der Waals surface area contributed by atoms with Crippen molar-refractivity contribution in [1.82, 2.24) is 15.0 Å². The summed E-state index contributed by atoms with van der Waals surface area (Å²) in [5, 5.41) is 4.36. The summed E-state index contributed by atoms with van der Waals surface area (Å²) >= 11 is 0. The molecule has 0 radical (unpaired) electrons. The molecule has 0 bridgehead atoms. The van der Waals surface area contributed by atoms with E-state index in [-0.39, 0.29) is 29.5 Å². The number of hydrogen-bond acceptors (Lipinski definition) is 6. The molecule has 168 valence electrons. The van der Waals surface area contributed by atoms with Crippen LogP contribution in [0.5, 0.6) is 0 Å². The highest BCUT2D eigenvalue weighted by Crippen LogP contribution is 2.27. The van der Waals surface area contributed by atoms with Crippen LogP contribution < -0.4 is 0 Å². The molecule has 0 aliphatic carbocycles. The van der Waals surface area contributed by atoms with Crippen molar-refractivity contribution >= 4 is 23.0 Å². The van der Waals surface area contributed by atoms with Crippen LogP contribution in [0.25, 0.3) is 22.4 Å². The Labute approximate surface area is 189 Å². The maximum atomic E-state index is 13.5. The Morgan fingerprint density at radius 1 is 1.09 bits per heavy atom. The van der Waals surface area contributed by atoms with E-state index in [9.17, 15) is 14.0 Å². The molecule has 2 heterocycles. The Kier molecular flexibility index (Phi) is 6.44. The molecular formula is C25H22FN3O4. The van der Waals surface area contributed by atoms with E-state index in [2.05, 4.69) is 10.1 Å². The van der Waals surface area contributed by atoms with E-state index in [1.165, 1.54) is 17.0 Å². The number of esters is 1. The fourth-order valence-corrected chi connectivity index (χ4v) is 3.54. The minimum Gasteiger partial charge on any atom is -0.452 e. The van der Waals surface area contributed by atoms with Gasteiger partial charge in [0.25, 0.3) is 11.6 Å². The van der Waals surface area contributed by atoms with Crippen molar-refractivity contribution in [2.45, 2.75) is 20.4 Å². The predicted molar refractivity (Wildman–Crippen MR) is 120 cm³/mol. The topological polar surface area (TPSA) is 85.5 Å². The van der Waals surface area contributed by atoms with E-state index in [1.54, 1.807) is 32.0 Å². The van der Waals surface area contributed by atoms with Crippen molar-refractivity contribution in [3.8, 4) is 11.3 Å². The maximum absolute atomic E-state index is 13.5. The van der Waals surface area contributed by atoms with Gasteiger partial charge in [-0.3, -0.25) is 4.79 Å². The molecule has 4 rings (SSSR count). The number of pyridine rings is 1. The summed E-state index contributed by atoms with van der Waals surface area (Å²) in [6.45, 7) is 3.66. The van der Waals surface area contributed by atoms with Crippen molar-refractivity contribution in [1.29, 1.82) is 0 Å². The maximum Gasteiger partial charge on any atom is 0.339 e. The molecule has 0 atom stereocenters. The number of rotatable bonds is 7. The zero-order valence-electron chi connectivity index (χ0n) is 18.2. The highest BCUT2D eigenvalue weighted by molar-refractivity contribution is 6.04. The SMILES string of the molecule is CCN(Cc1cccc(F)c1)C(=O)COC(=O)c1cc(-c2ccccc2)nc2onc(C)c12. The van der Waals surface area contributed by atoms with Gasteiger partial charge in [0, 0.05) is 18.7 Å². The third-order valence-corrected chi connectivity index (χ3v) is 5.23. The normalized spacial score (nSPS) is 10.9. The summed E-state index contributed by atoms with van der Waals surface area (Å²) in [4.78, 5) is 31.6. The lowest BCUT2D eigenvalue weighted by molar-refractivity contribution is -0.134. The minimum atomic E-state index is -0.680. The summed E-state index contributed by atoms with van der Waals surface area (Å²) in [7, 11) is 0. The number of fused-ring (bicyclic) bond motifs is 1. The Balaban J connectivity index is 1.53. The van der Waals surface area contributed by atoms with Crippen molar-refractivity contribution in [2.24, 2.45) is 0 Å². The lowest BCUT2D eigenvalue weighted by Gasteiger charge is -2.21. The number of amides is 1. The zero-order valence-corrected chi connectivity index (χ0v) is 18.2. The molecule has 2 aromatic heterocycles. The van der Waals surface area contributed by atoms with Gasteiger partial charge < -0.3 is 14.2 Å². The first-order valence-corrected chi connectivity index (χ1v) is 10.5. The van der Waals surface area contributed by atoms with Crippen LogP contribution >= 0.6 is 0 Å². The average Bonchev–Trinajstić information content (AvgIpc) is 3.21. The second kappa shape index (κ2) is 9.60. The van der Waals surface area contributed by atoms with Gasteiger partial charge in [-0.25, -0.2) is 14.2 Å². The monoisotopic (exact) mass is 447 g/mol. The molecule has 0 aliphatic rings. The molecule has 0 unspecified atom stereocenters. The number of carbonyl (C=O) groups is 2. The fraction of sp³-hybridized carbons (Fsp3) is 0.200. The molecule has 2 aromatic carbocycles. The molecule has 0 spiro atoms. The van der Waals surface area contributed by atoms with Crippen molar-refractivity contribution in [2.75, 3.05) is 13.2 Å². The van der Waals surface area contributed by atoms with E-state index in [0.29, 0.717) is 28.9 Å². The van der Waals surface area contributed by atoms with E-state index >= 15 is 0 Å². The van der Waals surface area contributed by atoms with Crippen LogP contribution in [0.2, 0.25) is 0 Å². The second-order valence-corrected chi connectivity index (χ2v) is 7.48. The number of ether oxygens (including phenoxy) is 1. The Morgan fingerprint density at radius 2 is 1.88 bits per heavy atom. The molecule has 1 amide bonds. The molecular weight excluding hydrogens is 425 g/mol. The van der Waals surface area contributed by atoms with Crippen LogP contribution in [-0.2, 0) is 16.1 Å². The van der Waals surface area contributed by atoms with Gasteiger partial charge in [0.05, 0.1) is 22.3 Å². The van der Waals surface area contributed by atoms with Crippen LogP contribution in [0.15, 0.2) is 65.2 Å². The van der Waals surface area contributed by atoms with Crippen LogP contribution in [-0.4, -0.2) is 40.1 Å². The number of halogens is 1. The first-order valence-electron chi connectivity index (χ1n) is 10.5. The van der Waals surface area contributed by atoms with Gasteiger partial charge in [0.2, 0.25) is 0 Å². The number of hydrogen-bond donors (Lipinski definition) is 0. The summed E-state index contributed by atoms with van der Waals surface area (Å²) in [6.07, 6.45) is 0. The first kappa shape index (κ1) is 22.1. The van der Waals surface area contributed by atoms with Gasteiger partial charge in [-0.15, -0.1) is 0 Å². The zero-order chi connectivity index (χ0) is 23.4. The summed E-state index contributed by atoms with van der Waals surface area (Å²) in [5.74, 6) is -1.44. The van der Waals surface area contributed by atoms with Crippen molar-refractivity contribution < 1.29 is 23.2 Å². The van der Waals surface area contributed by atoms with E-state index in [1.807, 2.05) is 30.3 Å². The Hall–Kier alpha value is -4.07. The number of benzene rings is 2. The van der Waals surface area contributed by atoms with Crippen LogP contribution in [0, 0.1) is 12.7 Å². The highest BCUT2D eigenvalue weighted by Gasteiger charge is 2.22. The Morgan fingerprint density at radius 3 is 2.61 bits per heavy atom. The van der Waals surface area contributed by atoms with Crippen LogP contribution in [0.1, 0.15) is 28.5 Å². The third kappa shape index (κ3) is 4.90. The van der Waals surface area contributed by atoms with E-state index < -0.39 is 12.6 Å². The van der Waals surface area contributed by atoms with Gasteiger partial charge in [-0.1, -0.05) is 47.6 Å². The second-order valence-electron chi connectivity index (χ2n) is 7.48. The van der Waals surface area contributed by atoms with E-state index in [4.69, 9.17) is 9.26 Å². The number of nitrogens with zero attached hydrogens (tertiary/aromatic N) is 3. The van der Waals surface area contributed by atoms with Crippen molar-refractivity contribution in [3.05, 3.63) is 83.3 Å². The summed E-state index contributed by atoms with van der Waals surface area (Å²) < 4.78 is 24.1. The summed E-state index contributed by atoms with van der Waals surface area (Å²) in [5.41, 5.74) is 2.91. The molecule has 0 saturated heterocycles. The minimum absolute atomic E-state index is 0.215. The lowest BCUT2D eigenvalue weighted by Crippen LogP contribution is -2.34. The molecule has 4 aromatic rings. The smallest absolute Gasteiger partial charge is 0.339 e. The largest absolute Gasteiger partial charge is 0.452 e. The average molecular weight is 447 g/mol. The molecule has 8 heteroatoms. The predicted octanol–water partition coefficient (Wildman–Crippen LogP) is 4.54. The molecule has 0 N–H and O–H groups in total. The quantitative estimate of drug-likeness (QED) is 0.387. The van der Waals surface area contributed by atoms with E-state index in [0.717, 1.165) is 5.56 Å². The van der Waals surface area contributed by atoms with Gasteiger partial charge in [-0.2, -0.15) is 0 Å². The van der Waals surface area contributed by atoms with Crippen LogP contribution in [0.3, 0.4) is 0 Å². The molecule has 0 aliphatic heterocycles. The standard InChI is InChI=1S/C25H22FN3O4/c1-3-29(14-17-8-7-11-19(26)12-17)22(30)15-32-25(31)20-13-21(18-9-5-4-6-10-18)27-24-23(20)16(2)28-33-24/h4-13H,3,14-15H2,1-2H3. The molecule has 0 fully saturated rings. The molecule has 7 nitrogen and oxygen atoms in total. The number of carbonyl (C=O) groups excluding carboxylic acids is 2. The molecule has 33 heavy (non-hydrogen) atoms. The third-order valence-electron chi connectivity index (χ3n) is 5.23. The van der Waals surface area contributed by atoms with Gasteiger partial charge in [0.15, 0.2) is 6.61 Å². The van der Waals surface area contributed by atoms with Gasteiger partial charge in [0.1, 0.15) is 5.82 Å². The number of likely N-dealkylation sites (N-methyl/N-ethyl adjacent to an activating group) is 1. The first-order chi connectivity index (χ1) is 16.0. The number of aromatic nitrogens is 2. The van der Waals surface area contributed by atoms with Crippen molar-refractivity contribution in [3.63, 3.8) is 0 Å². The van der Waals surface area contributed by atoms with Crippen LogP contribution in [0.4, 0.5) is 4.39 Å². The van der Waals surface area contributed by atoms with Gasteiger partial charge in [-0.05, 0) is 37.6 Å².